The first-order valence-electron chi connectivity index (χ1n) is 6.63. The third-order valence-corrected chi connectivity index (χ3v) is 5.20. The lowest BCUT2D eigenvalue weighted by atomic mass is 10.3. The standard InChI is InChI=1S/C14H11ClFN3O5S/c15-12-6-3-10(19(21)22)7-13(12)18(8-14(17)20)25(23,24)11-4-1-9(16)2-5-11/h1-7H,8H2,(H2,17,20). The molecule has 0 heterocycles. The zero-order chi connectivity index (χ0) is 18.8. The number of anilines is 1. The van der Waals surface area contributed by atoms with E-state index in [1.165, 1.54) is 0 Å². The Morgan fingerprint density at radius 1 is 1.24 bits per heavy atom. The summed E-state index contributed by atoms with van der Waals surface area (Å²) in [5, 5.41) is 10.8. The Hall–Kier alpha value is -2.72. The fourth-order valence-corrected chi connectivity index (χ4v) is 3.69. The number of carbonyl (C=O) groups is 1. The van der Waals surface area contributed by atoms with Crippen LogP contribution in [0.3, 0.4) is 0 Å². The number of nitrogens with two attached hydrogens (primary N) is 1. The summed E-state index contributed by atoms with van der Waals surface area (Å²) < 4.78 is 39.1. The van der Waals surface area contributed by atoms with Gasteiger partial charge in [-0.3, -0.25) is 19.2 Å². The molecule has 0 radical (unpaired) electrons. The molecule has 132 valence electrons. The highest BCUT2D eigenvalue weighted by Crippen LogP contribution is 2.33. The molecule has 0 unspecified atom stereocenters. The van der Waals surface area contributed by atoms with Crippen LogP contribution in [-0.4, -0.2) is 25.8 Å². The minimum absolute atomic E-state index is 0.141. The topological polar surface area (TPSA) is 124 Å². The van der Waals surface area contributed by atoms with Crippen LogP contribution in [0.5, 0.6) is 0 Å². The van der Waals surface area contributed by atoms with Gasteiger partial charge in [-0.2, -0.15) is 0 Å². The van der Waals surface area contributed by atoms with Gasteiger partial charge >= 0.3 is 0 Å². The van der Waals surface area contributed by atoms with E-state index in [2.05, 4.69) is 0 Å². The summed E-state index contributed by atoms with van der Waals surface area (Å²) >= 11 is 5.96. The number of carbonyl (C=O) groups excluding carboxylic acids is 1. The highest BCUT2D eigenvalue weighted by molar-refractivity contribution is 7.92. The second-order valence-corrected chi connectivity index (χ2v) is 7.09. The van der Waals surface area contributed by atoms with E-state index in [-0.39, 0.29) is 15.6 Å². The quantitative estimate of drug-likeness (QED) is 0.600. The van der Waals surface area contributed by atoms with E-state index in [1.54, 1.807) is 0 Å². The van der Waals surface area contributed by atoms with Gasteiger partial charge in [0.05, 0.1) is 20.5 Å². The van der Waals surface area contributed by atoms with E-state index in [9.17, 15) is 27.7 Å². The van der Waals surface area contributed by atoms with Crippen molar-refractivity contribution in [3.63, 3.8) is 0 Å². The van der Waals surface area contributed by atoms with E-state index in [0.717, 1.165) is 42.5 Å². The molecule has 2 N–H and O–H groups in total. The van der Waals surface area contributed by atoms with Crippen LogP contribution in [0.2, 0.25) is 5.02 Å². The van der Waals surface area contributed by atoms with Gasteiger partial charge in [-0.1, -0.05) is 11.6 Å². The summed E-state index contributed by atoms with van der Waals surface area (Å²) in [7, 11) is -4.37. The lowest BCUT2D eigenvalue weighted by Crippen LogP contribution is -2.38. The van der Waals surface area contributed by atoms with Gasteiger partial charge in [0.2, 0.25) is 5.91 Å². The van der Waals surface area contributed by atoms with Crippen molar-refractivity contribution in [3.05, 3.63) is 63.4 Å². The average molecular weight is 388 g/mol. The number of non-ortho nitro benzene ring substituents is 1. The lowest BCUT2D eigenvalue weighted by molar-refractivity contribution is -0.384. The Kier molecular flexibility index (Phi) is 5.24. The zero-order valence-electron chi connectivity index (χ0n) is 12.4. The number of hydrogen-bond acceptors (Lipinski definition) is 5. The van der Waals surface area contributed by atoms with E-state index in [1.807, 2.05) is 0 Å². The van der Waals surface area contributed by atoms with Gasteiger partial charge in [-0.15, -0.1) is 0 Å². The van der Waals surface area contributed by atoms with Crippen molar-refractivity contribution < 1.29 is 22.5 Å². The SMILES string of the molecule is NC(=O)CN(c1cc([N+](=O)[O-])ccc1Cl)S(=O)(=O)c1ccc(F)cc1. The van der Waals surface area contributed by atoms with E-state index in [4.69, 9.17) is 17.3 Å². The number of benzene rings is 2. The number of hydrogen-bond donors (Lipinski definition) is 1. The maximum atomic E-state index is 13.0. The Morgan fingerprint density at radius 3 is 2.36 bits per heavy atom. The maximum Gasteiger partial charge on any atom is 0.271 e. The molecule has 0 spiro atoms. The maximum absolute atomic E-state index is 13.0. The molecular formula is C14H11ClFN3O5S. The number of nitro groups is 1. The molecule has 2 rings (SSSR count). The van der Waals surface area contributed by atoms with Crippen molar-refractivity contribution in [2.75, 3.05) is 10.8 Å². The van der Waals surface area contributed by atoms with Crippen molar-refractivity contribution in [2.24, 2.45) is 5.73 Å². The number of halogens is 2. The molecule has 1 amide bonds. The molecule has 25 heavy (non-hydrogen) atoms. The van der Waals surface area contributed by atoms with Crippen molar-refractivity contribution in [3.8, 4) is 0 Å². The van der Waals surface area contributed by atoms with Crippen LogP contribution < -0.4 is 10.0 Å². The van der Waals surface area contributed by atoms with Crippen LogP contribution in [0.1, 0.15) is 0 Å². The second-order valence-electron chi connectivity index (χ2n) is 4.82. The Balaban J connectivity index is 2.64. The number of nitro benzene ring substituents is 1. The summed E-state index contributed by atoms with van der Waals surface area (Å²) in [4.78, 5) is 21.2. The smallest absolute Gasteiger partial charge is 0.271 e. The first-order valence-corrected chi connectivity index (χ1v) is 8.45. The van der Waals surface area contributed by atoms with Crippen molar-refractivity contribution >= 4 is 38.9 Å². The predicted molar refractivity (Wildman–Crippen MR) is 88.2 cm³/mol. The van der Waals surface area contributed by atoms with Crippen LogP contribution in [0, 0.1) is 15.9 Å². The van der Waals surface area contributed by atoms with Gasteiger partial charge in [0.25, 0.3) is 15.7 Å². The van der Waals surface area contributed by atoms with E-state index in [0.29, 0.717) is 4.31 Å². The molecule has 0 aliphatic rings. The number of primary amides is 1. The number of rotatable bonds is 6. The van der Waals surface area contributed by atoms with Gasteiger partial charge in [0.15, 0.2) is 0 Å². The third-order valence-electron chi connectivity index (χ3n) is 3.11. The molecule has 0 aliphatic heterocycles. The molecule has 0 fully saturated rings. The summed E-state index contributed by atoms with van der Waals surface area (Å²) in [6.45, 7) is -0.805. The molecule has 2 aromatic carbocycles. The largest absolute Gasteiger partial charge is 0.368 e. The van der Waals surface area contributed by atoms with Crippen LogP contribution in [-0.2, 0) is 14.8 Å². The Bertz CT molecular complexity index is 934. The number of amides is 1. The minimum Gasteiger partial charge on any atom is -0.368 e. The minimum atomic E-state index is -4.37. The summed E-state index contributed by atoms with van der Waals surface area (Å²) in [6.07, 6.45) is 0. The molecule has 0 saturated heterocycles. The molecule has 11 heteroatoms. The van der Waals surface area contributed by atoms with Gasteiger partial charge in [-0.05, 0) is 30.3 Å². The Labute approximate surface area is 146 Å². The van der Waals surface area contributed by atoms with Crippen LogP contribution in [0.4, 0.5) is 15.8 Å². The molecule has 8 nitrogen and oxygen atoms in total. The van der Waals surface area contributed by atoms with Gasteiger partial charge in [0, 0.05) is 12.1 Å². The third kappa shape index (κ3) is 4.03. The van der Waals surface area contributed by atoms with Gasteiger partial charge in [0.1, 0.15) is 12.4 Å². The predicted octanol–water partition coefficient (Wildman–Crippen LogP) is 2.07. The fraction of sp³-hybridized carbons (Fsp3) is 0.0714. The molecule has 0 bridgehead atoms. The van der Waals surface area contributed by atoms with Gasteiger partial charge in [-0.25, -0.2) is 12.8 Å². The molecule has 0 atom stereocenters. The van der Waals surface area contributed by atoms with Crippen molar-refractivity contribution in [2.45, 2.75) is 4.90 Å². The molecule has 0 saturated carbocycles. The van der Waals surface area contributed by atoms with Gasteiger partial charge < -0.3 is 5.73 Å². The van der Waals surface area contributed by atoms with Crippen molar-refractivity contribution in [1.82, 2.24) is 0 Å². The monoisotopic (exact) mass is 387 g/mol. The normalized spacial score (nSPS) is 11.1. The second kappa shape index (κ2) is 7.03. The van der Waals surface area contributed by atoms with Crippen LogP contribution in [0.25, 0.3) is 0 Å². The summed E-state index contributed by atoms with van der Waals surface area (Å²) in [6, 6.07) is 6.94. The first-order chi connectivity index (χ1) is 11.6. The summed E-state index contributed by atoms with van der Waals surface area (Å²) in [5.41, 5.74) is 4.38. The summed E-state index contributed by atoms with van der Waals surface area (Å²) in [5.74, 6) is -1.66. The van der Waals surface area contributed by atoms with Crippen LogP contribution in [0.15, 0.2) is 47.4 Å². The van der Waals surface area contributed by atoms with Crippen molar-refractivity contribution in [1.29, 1.82) is 0 Å². The number of sulfonamides is 1. The molecule has 0 aromatic heterocycles. The average Bonchev–Trinajstić information content (AvgIpc) is 2.53. The fourth-order valence-electron chi connectivity index (χ4n) is 1.98. The van der Waals surface area contributed by atoms with Crippen LogP contribution >= 0.6 is 11.6 Å². The van der Waals surface area contributed by atoms with E-state index < -0.39 is 38.9 Å². The Morgan fingerprint density at radius 2 is 1.84 bits per heavy atom. The highest BCUT2D eigenvalue weighted by atomic mass is 35.5. The molecule has 2 aromatic rings. The molecule has 0 aliphatic carbocycles. The number of nitrogens with zero attached hydrogens (tertiary/aromatic N) is 2. The zero-order valence-corrected chi connectivity index (χ0v) is 14.0. The van der Waals surface area contributed by atoms with E-state index >= 15 is 0 Å². The lowest BCUT2D eigenvalue weighted by Gasteiger charge is -2.24. The first kappa shape index (κ1) is 18.6. The molecular weight excluding hydrogens is 377 g/mol. The highest BCUT2D eigenvalue weighted by Gasteiger charge is 2.29.